The number of sulfonamides is 1. The molecular weight excluding hydrogens is 450 g/mol. The number of nitrogens with two attached hydrogens (primary N) is 1. The van der Waals surface area contributed by atoms with Crippen LogP contribution in [0.15, 0.2) is 65.6 Å². The number of methoxy groups -OCH3 is 1. The second-order valence-corrected chi connectivity index (χ2v) is 8.65. The Morgan fingerprint density at radius 1 is 1.06 bits per heavy atom. The molecule has 0 saturated carbocycles. The van der Waals surface area contributed by atoms with Gasteiger partial charge in [0.2, 0.25) is 10.0 Å². The van der Waals surface area contributed by atoms with Crippen molar-refractivity contribution in [2.75, 3.05) is 12.4 Å². The number of aromatic nitrogens is 2. The monoisotopic (exact) mass is 465 g/mol. The summed E-state index contributed by atoms with van der Waals surface area (Å²) < 4.78 is 29.9. The molecule has 0 fully saturated rings. The van der Waals surface area contributed by atoms with Gasteiger partial charge in [0.05, 0.1) is 45.4 Å². The van der Waals surface area contributed by atoms with E-state index in [9.17, 15) is 13.7 Å². The van der Waals surface area contributed by atoms with Gasteiger partial charge >= 0.3 is 0 Å². The summed E-state index contributed by atoms with van der Waals surface area (Å²) in [7, 11) is -2.65. The number of primary sulfonamides is 1. The van der Waals surface area contributed by atoms with Crippen LogP contribution < -0.4 is 15.2 Å². The van der Waals surface area contributed by atoms with Crippen molar-refractivity contribution >= 4 is 44.2 Å². The van der Waals surface area contributed by atoms with E-state index in [-0.39, 0.29) is 27.5 Å². The normalized spacial score (nSPS) is 11.2. The molecular formula is C22H16ClN5O3S. The van der Waals surface area contributed by atoms with Crippen LogP contribution in [0.1, 0.15) is 5.56 Å². The second kappa shape index (κ2) is 8.43. The fourth-order valence-corrected chi connectivity index (χ4v) is 4.15. The van der Waals surface area contributed by atoms with E-state index >= 15 is 0 Å². The molecule has 4 aromatic rings. The number of rotatable bonds is 5. The minimum Gasteiger partial charge on any atom is -0.497 e. The average Bonchev–Trinajstić information content (AvgIpc) is 2.79. The van der Waals surface area contributed by atoms with Gasteiger partial charge in [-0.05, 0) is 36.4 Å². The van der Waals surface area contributed by atoms with Crippen molar-refractivity contribution in [3.8, 4) is 23.1 Å². The molecule has 1 heterocycles. The quantitative estimate of drug-likeness (QED) is 0.451. The molecule has 8 nitrogen and oxygen atoms in total. The molecule has 0 spiro atoms. The van der Waals surface area contributed by atoms with Crippen LogP contribution in [0.2, 0.25) is 5.02 Å². The van der Waals surface area contributed by atoms with Crippen molar-refractivity contribution in [3.05, 3.63) is 71.2 Å². The SMILES string of the molecule is COc1ccc(Cl)c(Nc2nc3ccccc3nc2-c2c(C#N)cccc2S(N)(=O)=O)c1. The maximum Gasteiger partial charge on any atom is 0.238 e. The van der Waals surface area contributed by atoms with Crippen molar-refractivity contribution in [1.29, 1.82) is 5.26 Å². The highest BCUT2D eigenvalue weighted by atomic mass is 35.5. The molecule has 3 N–H and O–H groups in total. The van der Waals surface area contributed by atoms with E-state index in [1.165, 1.54) is 25.3 Å². The molecule has 0 saturated heterocycles. The highest BCUT2D eigenvalue weighted by Crippen LogP contribution is 2.37. The van der Waals surface area contributed by atoms with Crippen LogP contribution in [0.25, 0.3) is 22.3 Å². The lowest BCUT2D eigenvalue weighted by molar-refractivity contribution is 0.415. The minimum atomic E-state index is -4.17. The molecule has 4 rings (SSSR count). The molecule has 0 unspecified atom stereocenters. The number of nitrogens with one attached hydrogen (secondary N) is 1. The summed E-state index contributed by atoms with van der Waals surface area (Å²) in [6.45, 7) is 0. The molecule has 32 heavy (non-hydrogen) atoms. The van der Waals surface area contributed by atoms with Gasteiger partial charge in [-0.15, -0.1) is 0 Å². The van der Waals surface area contributed by atoms with Gasteiger partial charge in [-0.1, -0.05) is 29.8 Å². The van der Waals surface area contributed by atoms with Gasteiger partial charge in [0.1, 0.15) is 11.4 Å². The fourth-order valence-electron chi connectivity index (χ4n) is 3.22. The van der Waals surface area contributed by atoms with E-state index in [4.69, 9.17) is 21.5 Å². The van der Waals surface area contributed by atoms with Crippen LogP contribution in [0.4, 0.5) is 11.5 Å². The van der Waals surface area contributed by atoms with Gasteiger partial charge in [0, 0.05) is 11.6 Å². The predicted octanol–water partition coefficient (Wildman–Crippen LogP) is 4.22. The highest BCUT2D eigenvalue weighted by Gasteiger charge is 2.24. The molecule has 0 atom stereocenters. The van der Waals surface area contributed by atoms with E-state index in [1.54, 1.807) is 42.5 Å². The lowest BCUT2D eigenvalue weighted by atomic mass is 10.0. The number of anilines is 2. The molecule has 10 heteroatoms. The molecule has 160 valence electrons. The molecule has 0 radical (unpaired) electrons. The van der Waals surface area contributed by atoms with Crippen LogP contribution >= 0.6 is 11.6 Å². The number of nitrogens with zero attached hydrogens (tertiary/aromatic N) is 3. The van der Waals surface area contributed by atoms with E-state index in [2.05, 4.69) is 15.3 Å². The number of ether oxygens (including phenoxy) is 1. The van der Waals surface area contributed by atoms with Gasteiger partial charge in [-0.2, -0.15) is 5.26 Å². The lowest BCUT2D eigenvalue weighted by Gasteiger charge is -2.16. The molecule has 0 aliphatic rings. The van der Waals surface area contributed by atoms with Crippen LogP contribution in [-0.2, 0) is 10.0 Å². The number of fused-ring (bicyclic) bond motifs is 1. The standard InChI is InChI=1S/C22H16ClN5O3S/c1-31-14-9-10-15(23)18(11-14)28-22-21(26-16-6-2-3-7-17(16)27-22)20-13(12-24)5-4-8-19(20)32(25,29)30/h2-11H,1H3,(H,27,28)(H2,25,29,30). The highest BCUT2D eigenvalue weighted by molar-refractivity contribution is 7.89. The third-order valence-corrected chi connectivity index (χ3v) is 5.97. The number of hydrogen-bond donors (Lipinski definition) is 2. The van der Waals surface area contributed by atoms with Gasteiger partial charge in [-0.3, -0.25) is 0 Å². The molecule has 0 amide bonds. The maximum absolute atomic E-state index is 12.3. The Bertz CT molecular complexity index is 1500. The Morgan fingerprint density at radius 2 is 1.78 bits per heavy atom. The Labute approximate surface area is 189 Å². The smallest absolute Gasteiger partial charge is 0.238 e. The number of halogens is 1. The zero-order valence-electron chi connectivity index (χ0n) is 16.7. The summed E-state index contributed by atoms with van der Waals surface area (Å²) in [6.07, 6.45) is 0. The molecule has 0 aliphatic carbocycles. The minimum absolute atomic E-state index is 0.0530. The first kappa shape index (κ1) is 21.5. The van der Waals surface area contributed by atoms with Gasteiger partial charge in [0.25, 0.3) is 0 Å². The summed E-state index contributed by atoms with van der Waals surface area (Å²) >= 11 is 6.35. The summed E-state index contributed by atoms with van der Waals surface area (Å²) in [5.41, 5.74) is 1.81. The topological polar surface area (TPSA) is 131 Å². The van der Waals surface area contributed by atoms with Gasteiger partial charge in [-0.25, -0.2) is 23.5 Å². The average molecular weight is 466 g/mol. The molecule has 0 aliphatic heterocycles. The number of benzene rings is 3. The van der Waals surface area contributed by atoms with E-state index in [0.717, 1.165) is 0 Å². The van der Waals surface area contributed by atoms with Crippen molar-refractivity contribution in [3.63, 3.8) is 0 Å². The zero-order chi connectivity index (χ0) is 22.9. The first-order valence-corrected chi connectivity index (χ1v) is 11.2. The van der Waals surface area contributed by atoms with Crippen molar-refractivity contribution in [2.45, 2.75) is 4.90 Å². The third kappa shape index (κ3) is 4.07. The zero-order valence-corrected chi connectivity index (χ0v) is 18.3. The summed E-state index contributed by atoms with van der Waals surface area (Å²) in [6, 6.07) is 18.4. The summed E-state index contributed by atoms with van der Waals surface area (Å²) in [4.78, 5) is 9.01. The van der Waals surface area contributed by atoms with Crippen LogP contribution in [0.5, 0.6) is 5.75 Å². The largest absolute Gasteiger partial charge is 0.497 e. The van der Waals surface area contributed by atoms with E-state index in [0.29, 0.717) is 27.5 Å². The number of nitriles is 1. The lowest BCUT2D eigenvalue weighted by Crippen LogP contribution is -2.15. The Morgan fingerprint density at radius 3 is 2.44 bits per heavy atom. The maximum atomic E-state index is 12.3. The molecule has 3 aromatic carbocycles. The summed E-state index contributed by atoms with van der Waals surface area (Å²) in [5.74, 6) is 0.751. The second-order valence-electron chi connectivity index (χ2n) is 6.72. The van der Waals surface area contributed by atoms with Crippen molar-refractivity contribution in [1.82, 2.24) is 9.97 Å². The third-order valence-electron chi connectivity index (χ3n) is 4.69. The van der Waals surface area contributed by atoms with Crippen LogP contribution in [0.3, 0.4) is 0 Å². The first-order chi connectivity index (χ1) is 15.3. The Kier molecular flexibility index (Phi) is 5.67. The van der Waals surface area contributed by atoms with E-state index in [1.807, 2.05) is 6.07 Å². The Hall–Kier alpha value is -3.71. The fraction of sp³-hybridized carbons (Fsp3) is 0.0455. The van der Waals surface area contributed by atoms with Crippen molar-refractivity contribution < 1.29 is 13.2 Å². The van der Waals surface area contributed by atoms with Crippen LogP contribution in [-0.4, -0.2) is 25.5 Å². The molecule has 1 aromatic heterocycles. The number of hydrogen-bond acceptors (Lipinski definition) is 7. The first-order valence-electron chi connectivity index (χ1n) is 9.25. The van der Waals surface area contributed by atoms with Gasteiger partial charge < -0.3 is 10.1 Å². The van der Waals surface area contributed by atoms with E-state index < -0.39 is 10.0 Å². The molecule has 0 bridgehead atoms. The Balaban J connectivity index is 2.04. The van der Waals surface area contributed by atoms with Crippen LogP contribution in [0, 0.1) is 11.3 Å². The summed E-state index contributed by atoms with van der Waals surface area (Å²) in [5, 5.41) is 18.6. The van der Waals surface area contributed by atoms with Gasteiger partial charge in [0.15, 0.2) is 5.82 Å². The number of para-hydroxylation sites is 2. The predicted molar refractivity (Wildman–Crippen MR) is 122 cm³/mol. The van der Waals surface area contributed by atoms with Crippen molar-refractivity contribution in [2.24, 2.45) is 5.14 Å².